The zero-order valence-electron chi connectivity index (χ0n) is 31.6. The van der Waals surface area contributed by atoms with Crippen molar-refractivity contribution >= 4 is 111 Å². The summed E-state index contributed by atoms with van der Waals surface area (Å²) in [4.78, 5) is 15.2. The summed E-state index contributed by atoms with van der Waals surface area (Å²) in [6.45, 7) is 4.00. The molecule has 0 aliphatic heterocycles. The Hall–Kier alpha value is -8.09. The maximum atomic E-state index is 6.93. The monoisotopic (exact) mass is 756 g/mol. The summed E-state index contributed by atoms with van der Waals surface area (Å²) in [5.41, 5.74) is 8.34. The molecule has 0 amide bonds. The van der Waals surface area contributed by atoms with Crippen molar-refractivity contribution in [3.63, 3.8) is 0 Å². The lowest BCUT2D eigenvalue weighted by atomic mass is 10.0. The molecule has 9 aromatic carbocycles. The van der Waals surface area contributed by atoms with E-state index in [-0.39, 0.29) is 0 Å². The molecule has 0 spiro atoms. The summed E-state index contributed by atoms with van der Waals surface area (Å²) >= 11 is 0. The van der Waals surface area contributed by atoms with Crippen molar-refractivity contribution in [1.29, 1.82) is 0 Å². The van der Waals surface area contributed by atoms with Gasteiger partial charge in [0.05, 0.1) is 16.7 Å². The first-order valence-electron chi connectivity index (χ1n) is 19.6. The topological polar surface area (TPSA) is 68.3 Å². The minimum absolute atomic E-state index is 0.449. The van der Waals surface area contributed by atoms with Gasteiger partial charge in [-0.15, -0.1) is 0 Å². The van der Waals surface area contributed by atoms with E-state index in [0.717, 1.165) is 76.9 Å². The number of furan rings is 2. The molecule has 6 heteroatoms. The van der Waals surface area contributed by atoms with Gasteiger partial charge in [-0.3, -0.25) is 0 Å². The number of para-hydroxylation sites is 4. The Bertz CT molecular complexity index is 3770. The Kier molecular flexibility index (Phi) is 7.28. The number of aromatic nitrogens is 1. The van der Waals surface area contributed by atoms with Gasteiger partial charge in [0.2, 0.25) is 0 Å². The van der Waals surface area contributed by atoms with Gasteiger partial charge in [0.25, 0.3) is 0 Å². The molecule has 12 aromatic rings. The van der Waals surface area contributed by atoms with Crippen LogP contribution < -0.4 is 0 Å². The van der Waals surface area contributed by atoms with Gasteiger partial charge in [-0.25, -0.2) is 15.0 Å². The fraction of sp³-hybridized carbons (Fsp3) is 0. The summed E-state index contributed by atoms with van der Waals surface area (Å²) in [7, 11) is 0. The second-order valence-corrected chi connectivity index (χ2v) is 14.8. The molecule has 0 aliphatic rings. The van der Waals surface area contributed by atoms with Crippen molar-refractivity contribution in [2.75, 3.05) is 0 Å². The van der Waals surface area contributed by atoms with Crippen LogP contribution in [0.4, 0.5) is 5.69 Å². The normalized spacial score (nSPS) is 12.7. The Morgan fingerprint density at radius 2 is 1.10 bits per heavy atom. The lowest BCUT2D eigenvalue weighted by molar-refractivity contribution is 0.666. The smallest absolute Gasteiger partial charge is 0.163 e. The Morgan fingerprint density at radius 1 is 0.458 bits per heavy atom. The second-order valence-electron chi connectivity index (χ2n) is 14.8. The molecule has 0 atom stereocenters. The molecule has 3 heterocycles. The Labute approximate surface area is 337 Å². The van der Waals surface area contributed by atoms with Crippen LogP contribution in [0.25, 0.3) is 92.9 Å². The van der Waals surface area contributed by atoms with E-state index in [1.54, 1.807) is 0 Å². The minimum Gasteiger partial charge on any atom is -0.454 e. The van der Waals surface area contributed by atoms with E-state index < -0.39 is 0 Å². The van der Waals surface area contributed by atoms with Crippen LogP contribution in [-0.4, -0.2) is 23.0 Å². The molecule has 0 bridgehead atoms. The number of amidine groups is 2. The number of hydrogen-bond donors (Lipinski definition) is 0. The highest BCUT2D eigenvalue weighted by Crippen LogP contribution is 2.42. The van der Waals surface area contributed by atoms with Gasteiger partial charge in [0.15, 0.2) is 22.8 Å². The lowest BCUT2D eigenvalue weighted by Gasteiger charge is -2.12. The van der Waals surface area contributed by atoms with Crippen molar-refractivity contribution in [3.8, 4) is 5.69 Å². The van der Waals surface area contributed by atoms with Crippen LogP contribution in [0.1, 0.15) is 11.1 Å². The number of nitrogens with zero attached hydrogens (tertiary/aromatic N) is 4. The summed E-state index contributed by atoms with van der Waals surface area (Å²) < 4.78 is 15.7. The van der Waals surface area contributed by atoms with Gasteiger partial charge < -0.3 is 13.4 Å². The highest BCUT2D eigenvalue weighted by Gasteiger charge is 2.23. The van der Waals surface area contributed by atoms with E-state index in [2.05, 4.69) is 132 Å². The summed E-state index contributed by atoms with van der Waals surface area (Å²) in [6, 6.07) is 62.7. The predicted molar refractivity (Wildman–Crippen MR) is 246 cm³/mol. The third-order valence-electron chi connectivity index (χ3n) is 11.5. The van der Waals surface area contributed by atoms with Gasteiger partial charge in [0.1, 0.15) is 16.9 Å². The zero-order chi connectivity index (χ0) is 39.0. The second kappa shape index (κ2) is 13.0. The zero-order valence-corrected chi connectivity index (χ0v) is 31.6. The molecule has 0 saturated carbocycles. The predicted octanol–water partition coefficient (Wildman–Crippen LogP) is 14.1. The van der Waals surface area contributed by atoms with Crippen LogP contribution in [0.2, 0.25) is 0 Å². The highest BCUT2D eigenvalue weighted by atomic mass is 16.3. The van der Waals surface area contributed by atoms with Crippen molar-refractivity contribution in [1.82, 2.24) is 4.57 Å². The van der Waals surface area contributed by atoms with Crippen molar-refractivity contribution in [2.24, 2.45) is 15.0 Å². The average Bonchev–Trinajstić information content (AvgIpc) is 3.97. The molecular weight excluding hydrogens is 725 g/mol. The fourth-order valence-electron chi connectivity index (χ4n) is 8.79. The minimum atomic E-state index is 0.449. The first-order valence-corrected chi connectivity index (χ1v) is 19.6. The molecule has 6 nitrogen and oxygen atoms in total. The number of aliphatic imine (C=N–C) groups is 3. The van der Waals surface area contributed by atoms with Crippen molar-refractivity contribution < 1.29 is 8.83 Å². The van der Waals surface area contributed by atoms with E-state index >= 15 is 0 Å². The molecule has 0 N–H and O–H groups in total. The third kappa shape index (κ3) is 5.17. The van der Waals surface area contributed by atoms with Crippen LogP contribution in [0.3, 0.4) is 0 Å². The standard InChI is InChI=1S/C53H32N4O2/c1-54-52(36-26-25-32-13-2-3-14-33(32)29-36)56-53(55-43-21-12-20-39-38-18-7-10-23-47(38)58-50(39)43)41-27-28-45(51-49(41)40-19-8-11-24-48(40)59-51)57-44-22-9-6-17-37(44)42-30-34-15-4-5-16-35(34)31-46(42)57/h2-31H,1H2/b55-53-,56-52-. The lowest BCUT2D eigenvalue weighted by Crippen LogP contribution is -2.06. The number of benzene rings is 9. The van der Waals surface area contributed by atoms with Gasteiger partial charge in [-0.1, -0.05) is 127 Å². The van der Waals surface area contributed by atoms with E-state index in [9.17, 15) is 0 Å². The Morgan fingerprint density at radius 3 is 1.92 bits per heavy atom. The SMILES string of the molecule is C=N/C(=N\C(=N/c1cccc2c1oc1ccccc12)c1ccc(-n2c3ccccc3c3cc4ccccc4cc32)c2oc3ccccc3c12)c1ccc2ccccc2c1. The maximum Gasteiger partial charge on any atom is 0.163 e. The average molecular weight is 757 g/mol. The number of fused-ring (bicyclic) bond motifs is 11. The highest BCUT2D eigenvalue weighted by molar-refractivity contribution is 6.24. The molecule has 59 heavy (non-hydrogen) atoms. The molecule has 3 aromatic heterocycles. The summed E-state index contributed by atoms with van der Waals surface area (Å²) in [6.07, 6.45) is 0. The van der Waals surface area contributed by atoms with Crippen LogP contribution >= 0.6 is 0 Å². The van der Waals surface area contributed by atoms with Crippen LogP contribution in [0.5, 0.6) is 0 Å². The number of hydrogen-bond acceptors (Lipinski definition) is 3. The van der Waals surface area contributed by atoms with E-state index in [0.29, 0.717) is 22.9 Å². The molecule has 0 radical (unpaired) electrons. The molecule has 276 valence electrons. The van der Waals surface area contributed by atoms with Gasteiger partial charge in [-0.05, 0) is 82.9 Å². The molecular formula is C53H32N4O2. The van der Waals surface area contributed by atoms with E-state index in [4.69, 9.17) is 18.8 Å². The number of rotatable bonds is 4. The fourth-order valence-corrected chi connectivity index (χ4v) is 8.79. The van der Waals surface area contributed by atoms with Crippen molar-refractivity contribution in [3.05, 3.63) is 193 Å². The maximum absolute atomic E-state index is 6.93. The van der Waals surface area contributed by atoms with Crippen molar-refractivity contribution in [2.45, 2.75) is 0 Å². The van der Waals surface area contributed by atoms with Crippen LogP contribution in [0, 0.1) is 0 Å². The summed E-state index contributed by atoms with van der Waals surface area (Å²) in [5.74, 6) is 0.899. The van der Waals surface area contributed by atoms with Gasteiger partial charge in [0, 0.05) is 43.4 Å². The largest absolute Gasteiger partial charge is 0.454 e. The third-order valence-corrected chi connectivity index (χ3v) is 11.5. The molecule has 0 aliphatic carbocycles. The first kappa shape index (κ1) is 33.1. The molecule has 0 saturated heterocycles. The van der Waals surface area contributed by atoms with Crippen LogP contribution in [-0.2, 0) is 0 Å². The van der Waals surface area contributed by atoms with Crippen LogP contribution in [0.15, 0.2) is 206 Å². The molecule has 12 rings (SSSR count). The molecule has 0 unspecified atom stereocenters. The first-order chi connectivity index (χ1) is 29.2. The van der Waals surface area contributed by atoms with E-state index in [1.807, 2.05) is 66.7 Å². The quantitative estimate of drug-likeness (QED) is 0.133. The van der Waals surface area contributed by atoms with E-state index in [1.165, 1.54) is 21.5 Å². The summed E-state index contributed by atoms with van der Waals surface area (Å²) in [5, 5.41) is 10.8. The van der Waals surface area contributed by atoms with Gasteiger partial charge in [-0.2, -0.15) is 0 Å². The van der Waals surface area contributed by atoms with Gasteiger partial charge >= 0.3 is 0 Å². The Balaban J connectivity index is 1.17. The molecule has 0 fully saturated rings.